The maximum absolute atomic E-state index is 11.9. The zero-order valence-electron chi connectivity index (χ0n) is 8.59. The molecule has 2 fully saturated rings. The zero-order valence-corrected chi connectivity index (χ0v) is 9.40. The molecule has 0 radical (unpaired) electrons. The normalized spacial score (nSPS) is 33.1. The Hall–Kier alpha value is -0.620. The van der Waals surface area contributed by atoms with Crippen molar-refractivity contribution >= 4 is 16.0 Å². The number of sulfonamides is 1. The number of nitrogens with zero attached hydrogens (tertiary/aromatic N) is 1. The molecule has 0 aromatic carbocycles. The zero-order chi connectivity index (χ0) is 11.2. The first-order valence-corrected chi connectivity index (χ1v) is 6.68. The monoisotopic (exact) mass is 233 g/mol. The van der Waals surface area contributed by atoms with E-state index in [1.165, 1.54) is 4.31 Å². The van der Waals surface area contributed by atoms with Crippen LogP contribution in [0.1, 0.15) is 26.2 Å². The number of rotatable bonds is 3. The average molecular weight is 233 g/mol. The summed E-state index contributed by atoms with van der Waals surface area (Å²) < 4.78 is 25.2. The molecule has 0 bridgehead atoms. The minimum Gasteiger partial charge on any atom is -0.481 e. The van der Waals surface area contributed by atoms with Crippen LogP contribution in [0.5, 0.6) is 0 Å². The molecule has 2 rings (SSSR count). The van der Waals surface area contributed by atoms with Crippen molar-refractivity contribution in [2.24, 2.45) is 5.92 Å². The van der Waals surface area contributed by atoms with Gasteiger partial charge >= 0.3 is 5.97 Å². The third-order valence-corrected chi connectivity index (χ3v) is 5.77. The molecule has 6 heteroatoms. The molecule has 0 amide bonds. The first kappa shape index (κ1) is 10.9. The van der Waals surface area contributed by atoms with Gasteiger partial charge in [0.2, 0.25) is 10.0 Å². The fourth-order valence-corrected chi connectivity index (χ4v) is 4.24. The van der Waals surface area contributed by atoms with Gasteiger partial charge in [-0.15, -0.1) is 0 Å². The van der Waals surface area contributed by atoms with Gasteiger partial charge in [0.1, 0.15) is 0 Å². The largest absolute Gasteiger partial charge is 0.481 e. The summed E-state index contributed by atoms with van der Waals surface area (Å²) >= 11 is 0. The molecule has 5 nitrogen and oxygen atoms in total. The number of carboxylic acids is 1. The summed E-state index contributed by atoms with van der Waals surface area (Å²) in [6.07, 6.45) is 1.88. The fraction of sp³-hybridized carbons (Fsp3) is 0.889. The third-order valence-electron chi connectivity index (χ3n) is 3.29. The Kier molecular flexibility index (Phi) is 2.50. The lowest BCUT2D eigenvalue weighted by molar-refractivity contribution is -0.142. The highest BCUT2D eigenvalue weighted by molar-refractivity contribution is 7.90. The van der Waals surface area contributed by atoms with E-state index in [2.05, 4.69) is 0 Å². The molecular weight excluding hydrogens is 218 g/mol. The van der Waals surface area contributed by atoms with Crippen molar-refractivity contribution in [2.45, 2.75) is 37.5 Å². The molecule has 1 saturated carbocycles. The molecule has 15 heavy (non-hydrogen) atoms. The number of hydrogen-bond acceptors (Lipinski definition) is 3. The van der Waals surface area contributed by atoms with E-state index in [0.29, 0.717) is 13.0 Å². The van der Waals surface area contributed by atoms with E-state index < -0.39 is 28.0 Å². The Balaban J connectivity index is 2.16. The second-order valence-corrected chi connectivity index (χ2v) is 6.49. The molecule has 0 aromatic heterocycles. The average Bonchev–Trinajstić information content (AvgIpc) is 2.89. The number of hydrogen-bond donors (Lipinski definition) is 1. The van der Waals surface area contributed by atoms with E-state index in [9.17, 15) is 13.2 Å². The standard InChI is InChI=1S/C9H15NO4S/c1-6-8(9(11)12)4-5-10(6)15(13,14)7-2-3-7/h6-8H,2-5H2,1H3,(H,11,12). The Morgan fingerprint density at radius 3 is 2.33 bits per heavy atom. The summed E-state index contributed by atoms with van der Waals surface area (Å²) in [4.78, 5) is 10.8. The molecule has 1 saturated heterocycles. The molecule has 86 valence electrons. The van der Waals surface area contributed by atoms with E-state index in [-0.39, 0.29) is 5.25 Å². The van der Waals surface area contributed by atoms with Crippen molar-refractivity contribution in [1.82, 2.24) is 4.31 Å². The van der Waals surface area contributed by atoms with Crippen LogP contribution in [-0.2, 0) is 14.8 Å². The maximum Gasteiger partial charge on any atom is 0.308 e. The van der Waals surface area contributed by atoms with E-state index in [1.54, 1.807) is 6.92 Å². The highest BCUT2D eigenvalue weighted by atomic mass is 32.2. The second-order valence-electron chi connectivity index (χ2n) is 4.33. The van der Waals surface area contributed by atoms with E-state index in [0.717, 1.165) is 12.8 Å². The molecule has 1 heterocycles. The van der Waals surface area contributed by atoms with Crippen molar-refractivity contribution in [3.05, 3.63) is 0 Å². The topological polar surface area (TPSA) is 74.7 Å². The van der Waals surface area contributed by atoms with Gasteiger partial charge in [-0.1, -0.05) is 0 Å². The molecule has 1 aliphatic heterocycles. The van der Waals surface area contributed by atoms with Gasteiger partial charge in [-0.05, 0) is 26.2 Å². The minimum absolute atomic E-state index is 0.243. The summed E-state index contributed by atoms with van der Waals surface area (Å²) in [7, 11) is -3.21. The molecule has 0 aromatic rings. The Morgan fingerprint density at radius 2 is 1.93 bits per heavy atom. The maximum atomic E-state index is 11.9. The van der Waals surface area contributed by atoms with Crippen LogP contribution >= 0.6 is 0 Å². The van der Waals surface area contributed by atoms with Gasteiger partial charge in [-0.25, -0.2) is 8.42 Å². The Labute approximate surface area is 89.1 Å². The lowest BCUT2D eigenvalue weighted by Crippen LogP contribution is -2.39. The van der Waals surface area contributed by atoms with Crippen LogP contribution in [0.3, 0.4) is 0 Å². The van der Waals surface area contributed by atoms with Crippen LogP contribution in [0.25, 0.3) is 0 Å². The fourth-order valence-electron chi connectivity index (χ4n) is 2.16. The van der Waals surface area contributed by atoms with E-state index >= 15 is 0 Å². The van der Waals surface area contributed by atoms with Gasteiger partial charge in [0.15, 0.2) is 0 Å². The minimum atomic E-state index is -3.21. The van der Waals surface area contributed by atoms with Crippen LogP contribution in [0.2, 0.25) is 0 Å². The van der Waals surface area contributed by atoms with Crippen molar-refractivity contribution in [3.63, 3.8) is 0 Å². The van der Waals surface area contributed by atoms with Gasteiger partial charge in [0.05, 0.1) is 11.2 Å². The van der Waals surface area contributed by atoms with Gasteiger partial charge < -0.3 is 5.11 Å². The van der Waals surface area contributed by atoms with E-state index in [4.69, 9.17) is 5.11 Å². The lowest BCUT2D eigenvalue weighted by Gasteiger charge is -2.22. The Morgan fingerprint density at radius 1 is 1.33 bits per heavy atom. The lowest BCUT2D eigenvalue weighted by atomic mass is 10.0. The number of aliphatic carboxylic acids is 1. The highest BCUT2D eigenvalue weighted by Crippen LogP contribution is 2.36. The van der Waals surface area contributed by atoms with Crippen LogP contribution in [0.4, 0.5) is 0 Å². The van der Waals surface area contributed by atoms with Gasteiger partial charge in [-0.3, -0.25) is 4.79 Å². The molecule has 2 aliphatic rings. The van der Waals surface area contributed by atoms with Gasteiger partial charge in [0, 0.05) is 12.6 Å². The van der Waals surface area contributed by atoms with Crippen LogP contribution in [0, 0.1) is 5.92 Å². The summed E-state index contributed by atoms with van der Waals surface area (Å²) in [6, 6.07) is -0.395. The van der Waals surface area contributed by atoms with Crippen LogP contribution in [-0.4, -0.2) is 41.6 Å². The second kappa shape index (κ2) is 3.45. The van der Waals surface area contributed by atoms with Gasteiger partial charge in [0.25, 0.3) is 0 Å². The SMILES string of the molecule is CC1C(C(=O)O)CCN1S(=O)(=O)C1CC1. The summed E-state index contributed by atoms with van der Waals surface area (Å²) in [5, 5.41) is 8.66. The predicted molar refractivity (Wildman–Crippen MR) is 53.9 cm³/mol. The molecule has 2 unspecified atom stereocenters. The van der Waals surface area contributed by atoms with E-state index in [1.807, 2.05) is 0 Å². The van der Waals surface area contributed by atoms with Crippen LogP contribution < -0.4 is 0 Å². The summed E-state index contributed by atoms with van der Waals surface area (Å²) in [5.74, 6) is -1.44. The quantitative estimate of drug-likeness (QED) is 0.759. The van der Waals surface area contributed by atoms with Crippen molar-refractivity contribution in [1.29, 1.82) is 0 Å². The van der Waals surface area contributed by atoms with Crippen molar-refractivity contribution < 1.29 is 18.3 Å². The predicted octanol–water partition coefficient (Wildman–Crippen LogP) is 0.274. The molecule has 2 atom stereocenters. The molecular formula is C9H15NO4S. The van der Waals surface area contributed by atoms with Crippen LogP contribution in [0.15, 0.2) is 0 Å². The van der Waals surface area contributed by atoms with Gasteiger partial charge in [-0.2, -0.15) is 4.31 Å². The Bertz CT molecular complexity index is 374. The molecule has 1 aliphatic carbocycles. The molecule has 0 spiro atoms. The first-order chi connectivity index (χ1) is 6.94. The number of carbonyl (C=O) groups is 1. The highest BCUT2D eigenvalue weighted by Gasteiger charge is 2.47. The van der Waals surface area contributed by atoms with Crippen molar-refractivity contribution in [3.8, 4) is 0 Å². The number of carboxylic acid groups (broad SMARTS) is 1. The smallest absolute Gasteiger partial charge is 0.308 e. The first-order valence-electron chi connectivity index (χ1n) is 5.18. The molecule has 1 N–H and O–H groups in total. The summed E-state index contributed by atoms with van der Waals surface area (Å²) in [6.45, 7) is 2.04. The summed E-state index contributed by atoms with van der Waals surface area (Å²) in [5.41, 5.74) is 0. The third kappa shape index (κ3) is 1.76. The van der Waals surface area contributed by atoms with Crippen molar-refractivity contribution in [2.75, 3.05) is 6.54 Å².